The number of ether oxygens (including phenoxy) is 1. The van der Waals surface area contributed by atoms with Crippen LogP contribution in [0.3, 0.4) is 0 Å². The van der Waals surface area contributed by atoms with Crippen LogP contribution < -0.4 is 15.8 Å². The summed E-state index contributed by atoms with van der Waals surface area (Å²) in [6.45, 7) is 4.02. The third-order valence-corrected chi connectivity index (χ3v) is 6.76. The number of nitrogens with one attached hydrogen (secondary N) is 1. The van der Waals surface area contributed by atoms with Crippen LogP contribution in [0.25, 0.3) is 11.1 Å². The van der Waals surface area contributed by atoms with Gasteiger partial charge in [-0.1, -0.05) is 29.3 Å². The number of carbonyl (C=O) groups is 1. The van der Waals surface area contributed by atoms with Crippen molar-refractivity contribution in [3.8, 4) is 16.9 Å². The Hall–Kier alpha value is -2.81. The van der Waals surface area contributed by atoms with Crippen molar-refractivity contribution in [1.29, 1.82) is 0 Å². The number of likely N-dealkylation sites (N-methyl/N-ethyl adjacent to an activating group) is 1. The number of anilines is 1. The molecule has 0 spiro atoms. The number of hydrogen-bond donors (Lipinski definition) is 2. The molecule has 3 aromatic rings. The number of nitrogen functional groups attached to an aromatic ring is 1. The summed E-state index contributed by atoms with van der Waals surface area (Å²) in [7, 11) is 1.66. The summed E-state index contributed by atoms with van der Waals surface area (Å²) in [6.07, 6.45) is 7.00. The number of rotatable bonds is 7. The minimum absolute atomic E-state index is 0.0415. The third-order valence-electron chi connectivity index (χ3n) is 6.10. The first-order chi connectivity index (χ1) is 16.4. The van der Waals surface area contributed by atoms with Crippen molar-refractivity contribution in [3.05, 3.63) is 58.5 Å². The molecule has 0 radical (unpaired) electrons. The van der Waals surface area contributed by atoms with Crippen molar-refractivity contribution in [1.82, 2.24) is 25.0 Å². The molecule has 3 N–H and O–H groups in total. The average molecular weight is 503 g/mol. The van der Waals surface area contributed by atoms with Gasteiger partial charge in [-0.05, 0) is 38.0 Å². The van der Waals surface area contributed by atoms with Crippen LogP contribution >= 0.6 is 23.2 Å². The molecule has 1 aliphatic heterocycles. The highest BCUT2D eigenvalue weighted by Gasteiger charge is 2.23. The first-order valence-corrected chi connectivity index (χ1v) is 11.9. The Labute approximate surface area is 209 Å². The maximum absolute atomic E-state index is 11.6. The predicted molar refractivity (Wildman–Crippen MR) is 134 cm³/mol. The van der Waals surface area contributed by atoms with Gasteiger partial charge >= 0.3 is 0 Å². The number of halogens is 2. The zero-order chi connectivity index (χ0) is 24.2. The van der Waals surface area contributed by atoms with Gasteiger partial charge in [-0.25, -0.2) is 4.98 Å². The van der Waals surface area contributed by atoms with E-state index < -0.39 is 6.10 Å². The fourth-order valence-electron chi connectivity index (χ4n) is 4.17. The zero-order valence-corrected chi connectivity index (χ0v) is 20.7. The van der Waals surface area contributed by atoms with Gasteiger partial charge < -0.3 is 15.8 Å². The molecule has 1 aliphatic rings. The van der Waals surface area contributed by atoms with Crippen molar-refractivity contribution in [3.63, 3.8) is 0 Å². The number of nitrogens with two attached hydrogens (primary N) is 1. The lowest BCUT2D eigenvalue weighted by molar-refractivity contribution is -0.122. The van der Waals surface area contributed by atoms with Crippen LogP contribution in [0, 0.1) is 0 Å². The van der Waals surface area contributed by atoms with Gasteiger partial charge in [0, 0.05) is 59.3 Å². The summed E-state index contributed by atoms with van der Waals surface area (Å²) in [5.41, 5.74) is 8.57. The van der Waals surface area contributed by atoms with E-state index in [1.165, 1.54) is 0 Å². The zero-order valence-electron chi connectivity index (χ0n) is 19.2. The van der Waals surface area contributed by atoms with Gasteiger partial charge in [-0.3, -0.25) is 14.4 Å². The van der Waals surface area contributed by atoms with Crippen molar-refractivity contribution in [2.45, 2.75) is 31.9 Å². The fraction of sp³-hybridized carbons (Fsp3) is 0.375. The maximum Gasteiger partial charge on any atom is 0.233 e. The van der Waals surface area contributed by atoms with Crippen LogP contribution in [0.5, 0.6) is 5.75 Å². The number of hydrogen-bond acceptors (Lipinski definition) is 6. The van der Waals surface area contributed by atoms with E-state index in [0.29, 0.717) is 27.9 Å². The van der Waals surface area contributed by atoms with Crippen LogP contribution in [-0.2, 0) is 4.79 Å². The first kappa shape index (κ1) is 24.3. The molecule has 0 aliphatic carbocycles. The van der Waals surface area contributed by atoms with E-state index in [-0.39, 0.29) is 17.8 Å². The van der Waals surface area contributed by atoms with E-state index >= 15 is 0 Å². The summed E-state index contributed by atoms with van der Waals surface area (Å²) in [5.74, 6) is 0.783. The van der Waals surface area contributed by atoms with Gasteiger partial charge in [0.05, 0.1) is 18.8 Å². The second-order valence-corrected chi connectivity index (χ2v) is 9.21. The third kappa shape index (κ3) is 5.46. The number of likely N-dealkylation sites (tertiary alicyclic amines) is 1. The summed E-state index contributed by atoms with van der Waals surface area (Å²) >= 11 is 12.7. The Bertz CT molecular complexity index is 1140. The first-order valence-electron chi connectivity index (χ1n) is 11.2. The molecule has 0 bridgehead atoms. The van der Waals surface area contributed by atoms with Gasteiger partial charge in [-0.2, -0.15) is 5.10 Å². The molecule has 10 heteroatoms. The number of carbonyl (C=O) groups excluding carboxylic acids is 1. The van der Waals surface area contributed by atoms with Crippen molar-refractivity contribution in [2.75, 3.05) is 32.4 Å². The number of benzene rings is 1. The second-order valence-electron chi connectivity index (χ2n) is 8.39. The number of pyridine rings is 1. The largest absolute Gasteiger partial charge is 0.482 e. The number of aromatic nitrogens is 3. The molecule has 1 fully saturated rings. The Morgan fingerprint density at radius 3 is 2.62 bits per heavy atom. The molecule has 4 rings (SSSR count). The SMILES string of the molecule is CNC(=O)CN1CCC(n2cc(-c3cnc(N)c(OC(C)c4c(Cl)cccc4Cl)c3)cn2)CC1. The van der Waals surface area contributed by atoms with Gasteiger partial charge in [0.2, 0.25) is 5.91 Å². The van der Waals surface area contributed by atoms with Crippen LogP contribution in [-0.4, -0.2) is 52.3 Å². The van der Waals surface area contributed by atoms with Gasteiger partial charge in [0.25, 0.3) is 0 Å². The molecule has 8 nitrogen and oxygen atoms in total. The smallest absolute Gasteiger partial charge is 0.233 e. The highest BCUT2D eigenvalue weighted by molar-refractivity contribution is 6.36. The van der Waals surface area contributed by atoms with Crippen LogP contribution in [0.15, 0.2) is 42.9 Å². The molecule has 1 aromatic carbocycles. The van der Waals surface area contributed by atoms with E-state index in [2.05, 4.69) is 20.3 Å². The highest BCUT2D eigenvalue weighted by Crippen LogP contribution is 2.36. The lowest BCUT2D eigenvalue weighted by atomic mass is 10.1. The fourth-order valence-corrected chi connectivity index (χ4v) is 4.87. The highest BCUT2D eigenvalue weighted by atomic mass is 35.5. The Morgan fingerprint density at radius 2 is 1.94 bits per heavy atom. The Morgan fingerprint density at radius 1 is 1.24 bits per heavy atom. The number of amides is 1. The normalized spacial score (nSPS) is 15.8. The lowest BCUT2D eigenvalue weighted by Crippen LogP contribution is -2.41. The minimum Gasteiger partial charge on any atom is -0.482 e. The Kier molecular flexibility index (Phi) is 7.60. The molecule has 34 heavy (non-hydrogen) atoms. The standard InChI is InChI=1S/C24H28Cl2N6O2/c1-15(23-19(25)4-3-5-20(23)26)34-21-10-16(11-29-24(21)27)17-12-30-32(13-17)18-6-8-31(9-7-18)14-22(33)28-2/h3-5,10-13,15,18H,6-9,14H2,1-2H3,(H2,27,29)(H,28,33). The summed E-state index contributed by atoms with van der Waals surface area (Å²) < 4.78 is 8.10. The van der Waals surface area contributed by atoms with Gasteiger partial charge in [-0.15, -0.1) is 0 Å². The monoisotopic (exact) mass is 502 g/mol. The molecule has 1 saturated heterocycles. The van der Waals surface area contributed by atoms with Gasteiger partial charge in [0.15, 0.2) is 11.6 Å². The van der Waals surface area contributed by atoms with E-state index in [4.69, 9.17) is 33.7 Å². The van der Waals surface area contributed by atoms with Gasteiger partial charge in [0.1, 0.15) is 6.10 Å². The quantitative estimate of drug-likeness (QED) is 0.497. The van der Waals surface area contributed by atoms with Crippen LogP contribution in [0.4, 0.5) is 5.82 Å². The van der Waals surface area contributed by atoms with Crippen LogP contribution in [0.1, 0.15) is 37.5 Å². The predicted octanol–water partition coefficient (Wildman–Crippen LogP) is 4.36. The molecule has 180 valence electrons. The molecule has 2 aromatic heterocycles. The molecule has 0 saturated carbocycles. The molecular weight excluding hydrogens is 475 g/mol. The maximum atomic E-state index is 11.6. The second kappa shape index (κ2) is 10.6. The van der Waals surface area contributed by atoms with Crippen molar-refractivity contribution in [2.24, 2.45) is 0 Å². The van der Waals surface area contributed by atoms with E-state index in [9.17, 15) is 4.79 Å². The molecule has 1 unspecified atom stereocenters. The topological polar surface area (TPSA) is 98.3 Å². The average Bonchev–Trinajstić information content (AvgIpc) is 3.31. The number of nitrogens with zero attached hydrogens (tertiary/aromatic N) is 4. The van der Waals surface area contributed by atoms with Crippen LogP contribution in [0.2, 0.25) is 10.0 Å². The summed E-state index contributed by atoms with van der Waals surface area (Å²) in [4.78, 5) is 18.1. The summed E-state index contributed by atoms with van der Waals surface area (Å²) in [5, 5.41) is 8.33. The van der Waals surface area contributed by atoms with E-state index in [1.807, 2.05) is 30.1 Å². The molecule has 1 atom stereocenters. The summed E-state index contributed by atoms with van der Waals surface area (Å²) in [6, 6.07) is 7.49. The molecule has 3 heterocycles. The van der Waals surface area contributed by atoms with E-state index in [1.54, 1.807) is 31.4 Å². The minimum atomic E-state index is -0.414. The molecular formula is C24H28Cl2N6O2. The number of piperidine rings is 1. The van der Waals surface area contributed by atoms with Crippen molar-refractivity contribution >= 4 is 34.9 Å². The van der Waals surface area contributed by atoms with E-state index in [0.717, 1.165) is 37.1 Å². The Balaban J connectivity index is 1.46. The molecule has 1 amide bonds. The van der Waals surface area contributed by atoms with Crippen molar-refractivity contribution < 1.29 is 9.53 Å². The lowest BCUT2D eigenvalue weighted by Gasteiger charge is -2.31.